The van der Waals surface area contributed by atoms with Crippen molar-refractivity contribution >= 4 is 11.6 Å². The first kappa shape index (κ1) is 31.5. The molecule has 0 bridgehead atoms. The Hall–Kier alpha value is 0.130. The number of ketones is 2. The molecule has 0 rings (SSSR count). The Balaban J connectivity index is -0.0000000453. The van der Waals surface area contributed by atoms with Crippen molar-refractivity contribution < 1.29 is 45.6 Å². The molecule has 0 heterocycles. The minimum absolute atomic E-state index is 0. The number of Topliss-reactive ketones (excluding diaryl/α,β-unsaturated/α-hetero) is 2. The van der Waals surface area contributed by atoms with Gasteiger partial charge in [-0.2, -0.15) is 0 Å². The fourth-order valence-corrected chi connectivity index (χ4v) is 0.289. The van der Waals surface area contributed by atoms with Gasteiger partial charge in [-0.3, -0.25) is 0 Å². The van der Waals surface area contributed by atoms with E-state index in [0.29, 0.717) is 0 Å². The predicted molar refractivity (Wildman–Crippen MR) is 72.3 cm³/mol. The normalized spacial score (nSPS) is 7.16. The SMILES string of the molecule is CC(C)=O.CC(C)=O.CCCC[O-].CCCC[O-].[Hf]. The fourth-order valence-electron chi connectivity index (χ4n) is 0.289. The van der Waals surface area contributed by atoms with Crippen LogP contribution in [0.4, 0.5) is 0 Å². The Bertz CT molecular complexity index is 132. The van der Waals surface area contributed by atoms with Crippen LogP contribution in [0.1, 0.15) is 67.2 Å². The van der Waals surface area contributed by atoms with Gasteiger partial charge in [0.05, 0.1) is 0 Å². The average molecular weight is 441 g/mol. The van der Waals surface area contributed by atoms with Gasteiger partial charge in [-0.15, -0.1) is 13.2 Å². The van der Waals surface area contributed by atoms with Gasteiger partial charge in [-0.1, -0.05) is 39.5 Å². The summed E-state index contributed by atoms with van der Waals surface area (Å²) >= 11 is 0. The fraction of sp³-hybridized carbons (Fsp3) is 0.857. The van der Waals surface area contributed by atoms with Gasteiger partial charge in [0.2, 0.25) is 0 Å². The Morgan fingerprint density at radius 3 is 0.895 bits per heavy atom. The van der Waals surface area contributed by atoms with E-state index in [1.165, 1.54) is 27.7 Å². The predicted octanol–water partition coefficient (Wildman–Crippen LogP) is 1.48. The van der Waals surface area contributed by atoms with Gasteiger partial charge in [0, 0.05) is 25.8 Å². The largest absolute Gasteiger partial charge is 0.854 e. The Labute approximate surface area is 137 Å². The van der Waals surface area contributed by atoms with Gasteiger partial charge in [0.25, 0.3) is 0 Å². The molecular weight excluding hydrogens is 411 g/mol. The molecule has 0 aromatic heterocycles. The van der Waals surface area contributed by atoms with Gasteiger partial charge in [-0.05, 0) is 27.7 Å². The minimum Gasteiger partial charge on any atom is -0.854 e. The maximum Gasteiger partial charge on any atom is 0.126 e. The van der Waals surface area contributed by atoms with E-state index in [-0.39, 0.29) is 50.6 Å². The smallest absolute Gasteiger partial charge is 0.126 e. The van der Waals surface area contributed by atoms with Crippen LogP contribution in [0.5, 0.6) is 0 Å². The van der Waals surface area contributed by atoms with Gasteiger partial charge < -0.3 is 19.8 Å². The molecule has 19 heavy (non-hydrogen) atoms. The molecule has 0 aliphatic rings. The van der Waals surface area contributed by atoms with Crippen molar-refractivity contribution in [2.24, 2.45) is 0 Å². The maximum absolute atomic E-state index is 9.53. The number of carbonyl (C=O) groups is 2. The molecule has 0 aromatic rings. The Morgan fingerprint density at radius 1 is 0.737 bits per heavy atom. The van der Waals surface area contributed by atoms with Crippen molar-refractivity contribution in [2.75, 3.05) is 13.2 Å². The molecule has 0 N–H and O–H groups in total. The van der Waals surface area contributed by atoms with Crippen molar-refractivity contribution in [1.29, 1.82) is 0 Å². The van der Waals surface area contributed by atoms with Crippen LogP contribution < -0.4 is 10.2 Å². The van der Waals surface area contributed by atoms with E-state index in [0.717, 1.165) is 25.7 Å². The molecule has 0 spiro atoms. The molecule has 0 saturated carbocycles. The van der Waals surface area contributed by atoms with Gasteiger partial charge in [0.15, 0.2) is 0 Å². The van der Waals surface area contributed by atoms with E-state index < -0.39 is 0 Å². The number of unbranched alkanes of at least 4 members (excludes halogenated alkanes) is 2. The van der Waals surface area contributed by atoms with Crippen molar-refractivity contribution in [3.05, 3.63) is 0 Å². The first-order chi connectivity index (χ1) is 8.29. The van der Waals surface area contributed by atoms with E-state index in [1.54, 1.807) is 0 Å². The molecule has 0 aliphatic carbocycles. The molecule has 0 unspecified atom stereocenters. The Morgan fingerprint density at radius 2 is 0.895 bits per heavy atom. The summed E-state index contributed by atoms with van der Waals surface area (Å²) < 4.78 is 0. The van der Waals surface area contributed by atoms with E-state index in [4.69, 9.17) is 0 Å². The summed E-state index contributed by atoms with van der Waals surface area (Å²) in [6.45, 7) is 10.3. The second kappa shape index (κ2) is 36.2. The quantitative estimate of drug-likeness (QED) is 0.620. The van der Waals surface area contributed by atoms with Crippen LogP contribution in [-0.2, 0) is 35.4 Å². The third-order valence-electron chi connectivity index (χ3n) is 0.996. The molecular formula is C14H30HfO4-2. The zero-order valence-electron chi connectivity index (χ0n) is 13.4. The molecule has 0 radical (unpaired) electrons. The third-order valence-corrected chi connectivity index (χ3v) is 0.996. The van der Waals surface area contributed by atoms with Crippen molar-refractivity contribution in [1.82, 2.24) is 0 Å². The average Bonchev–Trinajstić information content (AvgIpc) is 2.19. The van der Waals surface area contributed by atoms with E-state index in [1.807, 2.05) is 13.8 Å². The molecule has 0 aliphatic heterocycles. The number of carbonyl (C=O) groups excluding carboxylic acids is 2. The van der Waals surface area contributed by atoms with Crippen LogP contribution >= 0.6 is 0 Å². The molecule has 116 valence electrons. The monoisotopic (exact) mass is 442 g/mol. The van der Waals surface area contributed by atoms with Gasteiger partial charge in [-0.25, -0.2) is 0 Å². The van der Waals surface area contributed by atoms with E-state index in [2.05, 4.69) is 0 Å². The second-order valence-electron chi connectivity index (χ2n) is 3.93. The summed E-state index contributed by atoms with van der Waals surface area (Å²) in [5.41, 5.74) is 0. The van der Waals surface area contributed by atoms with E-state index >= 15 is 0 Å². The van der Waals surface area contributed by atoms with Gasteiger partial charge in [0.1, 0.15) is 11.6 Å². The molecule has 5 heteroatoms. The van der Waals surface area contributed by atoms with E-state index in [9.17, 15) is 19.8 Å². The molecule has 0 aromatic carbocycles. The summed E-state index contributed by atoms with van der Waals surface area (Å²) in [5, 5.41) is 19.1. The maximum atomic E-state index is 9.53. The molecule has 0 fully saturated rings. The number of rotatable bonds is 4. The molecule has 0 saturated heterocycles. The topological polar surface area (TPSA) is 80.3 Å². The first-order valence-electron chi connectivity index (χ1n) is 6.40. The number of hydrogen-bond donors (Lipinski definition) is 0. The summed E-state index contributed by atoms with van der Waals surface area (Å²) in [6, 6.07) is 0. The standard InChI is InChI=1S/2C4H9O.2C3H6O.Hf/c2*1-2-3-4-5;2*1-3(2)4;/h2*2-4H2,1H3;2*1-2H3;/q2*-1;;;. The zero-order valence-corrected chi connectivity index (χ0v) is 17.0. The van der Waals surface area contributed by atoms with Crippen LogP contribution in [-0.4, -0.2) is 24.8 Å². The van der Waals surface area contributed by atoms with Gasteiger partial charge >= 0.3 is 0 Å². The van der Waals surface area contributed by atoms with Crippen LogP contribution in [0, 0.1) is 0 Å². The minimum atomic E-state index is 0. The first-order valence-corrected chi connectivity index (χ1v) is 6.40. The third kappa shape index (κ3) is 277. The van der Waals surface area contributed by atoms with Crippen molar-refractivity contribution in [2.45, 2.75) is 67.2 Å². The molecule has 0 atom stereocenters. The molecule has 0 amide bonds. The summed E-state index contributed by atoms with van der Waals surface area (Å²) in [7, 11) is 0. The van der Waals surface area contributed by atoms with Crippen molar-refractivity contribution in [3.8, 4) is 0 Å². The zero-order chi connectivity index (χ0) is 15.4. The van der Waals surface area contributed by atoms with Crippen LogP contribution in [0.15, 0.2) is 0 Å². The van der Waals surface area contributed by atoms with Crippen LogP contribution in [0.3, 0.4) is 0 Å². The second-order valence-corrected chi connectivity index (χ2v) is 3.93. The number of hydrogen-bond acceptors (Lipinski definition) is 4. The Kier molecular flexibility index (Phi) is 59.9. The van der Waals surface area contributed by atoms with Crippen molar-refractivity contribution in [3.63, 3.8) is 0 Å². The summed E-state index contributed by atoms with van der Waals surface area (Å²) in [4.78, 5) is 18.9. The molecule has 4 nitrogen and oxygen atoms in total. The van der Waals surface area contributed by atoms with Crippen LogP contribution in [0.25, 0.3) is 0 Å². The van der Waals surface area contributed by atoms with Crippen LogP contribution in [0.2, 0.25) is 0 Å². The summed E-state index contributed by atoms with van der Waals surface area (Å²) in [6.07, 6.45) is 3.73. The summed E-state index contributed by atoms with van der Waals surface area (Å²) in [5.74, 6) is 0.333.